The maximum atomic E-state index is 13.4. The van der Waals surface area contributed by atoms with Crippen LogP contribution in [-0.4, -0.2) is 46.7 Å². The van der Waals surface area contributed by atoms with Gasteiger partial charge in [-0.1, -0.05) is 48.4 Å². The fourth-order valence-corrected chi connectivity index (χ4v) is 7.28. The van der Waals surface area contributed by atoms with Gasteiger partial charge in [-0.3, -0.25) is 0 Å². The molecule has 1 unspecified atom stereocenters. The number of benzene rings is 1. The van der Waals surface area contributed by atoms with E-state index in [4.69, 9.17) is 4.98 Å². The summed E-state index contributed by atoms with van der Waals surface area (Å²) in [6.07, 6.45) is 12.0. The maximum absolute atomic E-state index is 13.4. The second kappa shape index (κ2) is 7.89. The van der Waals surface area contributed by atoms with Gasteiger partial charge in [0.05, 0.1) is 18.4 Å². The monoisotopic (exact) mass is 457 g/mol. The Morgan fingerprint density at radius 3 is 2.70 bits per heavy atom. The molecule has 1 atom stereocenters. The molecule has 1 fully saturated rings. The summed E-state index contributed by atoms with van der Waals surface area (Å²) in [6.45, 7) is 2.47. The Hall–Kier alpha value is -3.38. The van der Waals surface area contributed by atoms with Crippen LogP contribution in [-0.2, 0) is 11.1 Å². The van der Waals surface area contributed by atoms with E-state index < -0.39 is 7.14 Å². The summed E-state index contributed by atoms with van der Waals surface area (Å²) in [4.78, 5) is 13.6. The molecule has 0 spiro atoms. The molecule has 0 bridgehead atoms. The minimum absolute atomic E-state index is 0.321. The van der Waals surface area contributed by atoms with Gasteiger partial charge in [0, 0.05) is 35.1 Å². The minimum atomic E-state index is -2.36. The molecule has 8 nitrogen and oxygen atoms in total. The number of imidazole rings is 1. The zero-order valence-electron chi connectivity index (χ0n) is 18.4. The standard InChI is InChI=1S/C24H24N7OP/c1-33(32,19-4-2-3-5-19)20-9-7-18(8-10-20)21-14-26-23-24(27-21)31(29-28-23)16-17-6-11-22-25-12-13-30(22)15-17/h6-15,19H,2-5,16H2,1H3. The van der Waals surface area contributed by atoms with Crippen LogP contribution in [0.3, 0.4) is 0 Å². The molecule has 0 aliphatic heterocycles. The number of hydrogen-bond acceptors (Lipinski definition) is 6. The zero-order valence-corrected chi connectivity index (χ0v) is 19.3. The molecule has 1 aliphatic carbocycles. The molecule has 1 saturated carbocycles. The summed E-state index contributed by atoms with van der Waals surface area (Å²) < 4.78 is 17.2. The largest absolute Gasteiger partial charge is 0.319 e. The summed E-state index contributed by atoms with van der Waals surface area (Å²) in [6, 6.07) is 12.0. The molecule has 9 heteroatoms. The molecule has 0 radical (unpaired) electrons. The minimum Gasteiger partial charge on any atom is -0.319 e. The van der Waals surface area contributed by atoms with Crippen LogP contribution in [0.5, 0.6) is 0 Å². The number of fused-ring (bicyclic) bond motifs is 2. The fourth-order valence-electron chi connectivity index (χ4n) is 4.77. The third kappa shape index (κ3) is 3.64. The predicted octanol–water partition coefficient (Wildman–Crippen LogP) is 4.15. The third-order valence-electron chi connectivity index (χ3n) is 6.71. The van der Waals surface area contributed by atoms with E-state index in [2.05, 4.69) is 20.3 Å². The second-order valence-corrected chi connectivity index (χ2v) is 12.1. The third-order valence-corrected chi connectivity index (χ3v) is 9.94. The van der Waals surface area contributed by atoms with Crippen molar-refractivity contribution < 1.29 is 4.57 Å². The summed E-state index contributed by atoms with van der Waals surface area (Å²) in [5, 5.41) is 9.39. The molecule has 1 aromatic carbocycles. The highest BCUT2D eigenvalue weighted by Crippen LogP contribution is 2.52. The van der Waals surface area contributed by atoms with Crippen molar-refractivity contribution in [2.45, 2.75) is 37.9 Å². The van der Waals surface area contributed by atoms with Gasteiger partial charge in [0.1, 0.15) is 12.8 Å². The van der Waals surface area contributed by atoms with Gasteiger partial charge in [-0.15, -0.1) is 5.10 Å². The van der Waals surface area contributed by atoms with Crippen molar-refractivity contribution in [2.24, 2.45) is 0 Å². The first-order valence-electron chi connectivity index (χ1n) is 11.2. The molecule has 1 aliphatic rings. The van der Waals surface area contributed by atoms with Crippen LogP contribution in [0.2, 0.25) is 0 Å². The Labute approximate surface area is 191 Å². The molecule has 0 amide bonds. The summed E-state index contributed by atoms with van der Waals surface area (Å²) in [5.74, 6) is 0. The fraction of sp³-hybridized carbons (Fsp3) is 0.292. The van der Waals surface area contributed by atoms with Gasteiger partial charge < -0.3 is 8.97 Å². The average Bonchev–Trinajstić information content (AvgIpc) is 3.60. The van der Waals surface area contributed by atoms with Crippen LogP contribution < -0.4 is 5.30 Å². The number of rotatable bonds is 5. The average molecular weight is 457 g/mol. The van der Waals surface area contributed by atoms with Crippen LogP contribution in [0.4, 0.5) is 0 Å². The van der Waals surface area contributed by atoms with Gasteiger partial charge in [0.2, 0.25) is 5.65 Å². The Morgan fingerprint density at radius 2 is 1.88 bits per heavy atom. The van der Waals surface area contributed by atoms with Crippen LogP contribution in [0.15, 0.2) is 61.2 Å². The first-order valence-corrected chi connectivity index (χ1v) is 13.5. The van der Waals surface area contributed by atoms with Gasteiger partial charge in [0.25, 0.3) is 0 Å². The van der Waals surface area contributed by atoms with Crippen molar-refractivity contribution in [3.8, 4) is 11.3 Å². The van der Waals surface area contributed by atoms with Crippen LogP contribution >= 0.6 is 7.14 Å². The van der Waals surface area contributed by atoms with E-state index in [0.29, 0.717) is 23.5 Å². The second-order valence-electron chi connectivity index (χ2n) is 8.85. The normalized spacial score (nSPS) is 16.5. The highest BCUT2D eigenvalue weighted by atomic mass is 31.2. The summed E-state index contributed by atoms with van der Waals surface area (Å²) >= 11 is 0. The molecular formula is C24H24N7OP. The lowest BCUT2D eigenvalue weighted by atomic mass is 10.2. The van der Waals surface area contributed by atoms with Crippen molar-refractivity contribution in [1.29, 1.82) is 0 Å². The SMILES string of the molecule is CP(=O)(c1ccc(-c2cnc3nnn(Cc4ccc5nccn5c4)c3n2)cc1)C1CCCC1. The molecule has 0 N–H and O–H groups in total. The molecule has 5 aromatic rings. The molecule has 4 heterocycles. The molecule has 166 valence electrons. The van der Waals surface area contributed by atoms with Crippen molar-refractivity contribution in [1.82, 2.24) is 34.3 Å². The number of aromatic nitrogens is 7. The highest BCUT2D eigenvalue weighted by molar-refractivity contribution is 7.71. The number of nitrogens with zero attached hydrogens (tertiary/aromatic N) is 7. The lowest BCUT2D eigenvalue weighted by Gasteiger charge is -2.20. The zero-order chi connectivity index (χ0) is 22.4. The van der Waals surface area contributed by atoms with Gasteiger partial charge in [-0.2, -0.15) is 0 Å². The van der Waals surface area contributed by atoms with Gasteiger partial charge in [-0.05, 0) is 31.1 Å². The summed E-state index contributed by atoms with van der Waals surface area (Å²) in [5.41, 5.74) is 5.11. The first kappa shape index (κ1) is 20.2. The van der Waals surface area contributed by atoms with Gasteiger partial charge in [0.15, 0.2) is 5.65 Å². The van der Waals surface area contributed by atoms with E-state index in [1.165, 1.54) is 12.8 Å². The number of pyridine rings is 1. The van der Waals surface area contributed by atoms with Crippen LogP contribution in [0.1, 0.15) is 31.2 Å². The molecule has 4 aromatic heterocycles. The van der Waals surface area contributed by atoms with Gasteiger partial charge in [-0.25, -0.2) is 19.6 Å². The molecule has 6 rings (SSSR count). The van der Waals surface area contributed by atoms with Gasteiger partial charge >= 0.3 is 0 Å². The lowest BCUT2D eigenvalue weighted by Crippen LogP contribution is -2.14. The quantitative estimate of drug-likeness (QED) is 0.369. The van der Waals surface area contributed by atoms with E-state index in [1.54, 1.807) is 17.1 Å². The van der Waals surface area contributed by atoms with Crippen molar-refractivity contribution in [2.75, 3.05) is 6.66 Å². The Morgan fingerprint density at radius 1 is 1.06 bits per heavy atom. The Balaban J connectivity index is 1.30. The smallest absolute Gasteiger partial charge is 0.221 e. The predicted molar refractivity (Wildman–Crippen MR) is 128 cm³/mol. The van der Waals surface area contributed by atoms with Crippen LogP contribution in [0.25, 0.3) is 28.2 Å². The van der Waals surface area contributed by atoms with Crippen molar-refractivity contribution >= 4 is 29.4 Å². The Bertz CT molecular complexity index is 1500. The number of hydrogen-bond donors (Lipinski definition) is 0. The van der Waals surface area contributed by atoms with Crippen molar-refractivity contribution in [3.63, 3.8) is 0 Å². The van der Waals surface area contributed by atoms with E-state index >= 15 is 0 Å². The first-order chi connectivity index (χ1) is 16.1. The highest BCUT2D eigenvalue weighted by Gasteiger charge is 2.32. The molecular weight excluding hydrogens is 433 g/mol. The van der Waals surface area contributed by atoms with E-state index in [-0.39, 0.29) is 0 Å². The maximum Gasteiger partial charge on any atom is 0.221 e. The van der Waals surface area contributed by atoms with Crippen molar-refractivity contribution in [3.05, 3.63) is 66.7 Å². The van der Waals surface area contributed by atoms with E-state index in [1.807, 2.05) is 59.9 Å². The van der Waals surface area contributed by atoms with Crippen LogP contribution in [0, 0.1) is 0 Å². The molecule has 33 heavy (non-hydrogen) atoms. The lowest BCUT2D eigenvalue weighted by molar-refractivity contribution is 0.574. The van der Waals surface area contributed by atoms with E-state index in [0.717, 1.165) is 40.6 Å². The molecule has 0 saturated heterocycles. The summed E-state index contributed by atoms with van der Waals surface area (Å²) in [7, 11) is -2.36. The Kier molecular flexibility index (Phi) is 4.84. The topological polar surface area (TPSA) is 90.9 Å². The van der Waals surface area contributed by atoms with E-state index in [9.17, 15) is 4.57 Å².